The highest BCUT2D eigenvalue weighted by atomic mass is 16.4. The van der Waals surface area contributed by atoms with Crippen molar-refractivity contribution in [3.8, 4) is 0 Å². The largest absolute Gasteiger partial charge is 0.481 e. The minimum atomic E-state index is -1.54. The predicted molar refractivity (Wildman–Crippen MR) is 263 cm³/mol. The van der Waals surface area contributed by atoms with E-state index >= 15 is 0 Å². The average molecular weight is 1060 g/mol. The summed E-state index contributed by atoms with van der Waals surface area (Å²) in [6.07, 6.45) is -2.64. The van der Waals surface area contributed by atoms with Gasteiger partial charge < -0.3 is 84.2 Å². The maximum atomic E-state index is 14.0. The molecule has 1 aromatic carbocycles. The summed E-state index contributed by atoms with van der Waals surface area (Å²) in [6.45, 7) is 2.05. The lowest BCUT2D eigenvalue weighted by Gasteiger charge is -2.30. The number of nitrogens with zero attached hydrogens (tertiary/aromatic N) is 2. The molecule has 1 aromatic rings. The number of carboxylic acids is 2. The smallest absolute Gasteiger partial charge is 0.326 e. The number of carbonyl (C=O) groups excluding carboxylic acids is 10. The van der Waals surface area contributed by atoms with E-state index in [0.29, 0.717) is 18.4 Å². The van der Waals surface area contributed by atoms with Crippen molar-refractivity contribution in [3.63, 3.8) is 0 Å². The summed E-state index contributed by atoms with van der Waals surface area (Å²) in [7, 11) is 0. The molecule has 3 rings (SSSR count). The van der Waals surface area contributed by atoms with Gasteiger partial charge in [-0.1, -0.05) is 44.2 Å². The molecule has 416 valence electrons. The Kier molecular flexibility index (Phi) is 25.5. The Labute approximate surface area is 432 Å². The normalized spacial score (nSPS) is 19.0. The van der Waals surface area contributed by atoms with Crippen molar-refractivity contribution in [2.45, 2.75) is 133 Å². The number of likely N-dealkylation sites (tertiary alicyclic amines) is 2. The van der Waals surface area contributed by atoms with Crippen LogP contribution in [-0.4, -0.2) is 202 Å². The Morgan fingerprint density at radius 2 is 1.11 bits per heavy atom. The predicted octanol–water partition coefficient (Wildman–Crippen LogP) is -5.97. The van der Waals surface area contributed by atoms with Gasteiger partial charge in [0.1, 0.15) is 42.3 Å². The number of nitrogens with two attached hydrogens (primary N) is 2. The Morgan fingerprint density at radius 3 is 1.61 bits per heavy atom. The number of carbonyl (C=O) groups is 12. The summed E-state index contributed by atoms with van der Waals surface area (Å²) in [6, 6.07) is -0.217. The summed E-state index contributed by atoms with van der Waals surface area (Å²) < 4.78 is 0. The zero-order valence-electron chi connectivity index (χ0n) is 42.2. The highest BCUT2D eigenvalue weighted by Gasteiger charge is 2.43. The summed E-state index contributed by atoms with van der Waals surface area (Å²) >= 11 is 0. The van der Waals surface area contributed by atoms with E-state index in [-0.39, 0.29) is 57.7 Å². The molecule has 0 unspecified atom stereocenters. The third kappa shape index (κ3) is 20.9. The van der Waals surface area contributed by atoms with E-state index in [9.17, 15) is 72.9 Å². The number of nitrogens with one attached hydrogen (secondary N) is 8. The third-order valence-electron chi connectivity index (χ3n) is 12.1. The van der Waals surface area contributed by atoms with Crippen LogP contribution in [0, 0.1) is 5.92 Å². The molecule has 28 nitrogen and oxygen atoms in total. The van der Waals surface area contributed by atoms with Gasteiger partial charge in [0.25, 0.3) is 0 Å². The highest BCUT2D eigenvalue weighted by Crippen LogP contribution is 2.22. The number of hydrogen-bond donors (Lipinski definition) is 14. The molecular formula is C47H72N12O16. The van der Waals surface area contributed by atoms with Crippen molar-refractivity contribution in [2.24, 2.45) is 17.4 Å². The Morgan fingerprint density at radius 1 is 0.600 bits per heavy atom. The molecule has 0 spiro atoms. The van der Waals surface area contributed by atoms with Gasteiger partial charge in [-0.05, 0) is 57.1 Å². The number of carboxylic acid groups (broad SMARTS) is 2. The standard InChI is InChI=1S/C47H72N12O16/c1-25(2)15-32(56-39(65)22-52-44(71)35-18-29(61)24-59(35)46(73)33(55-36(62)19-49)16-27-9-5-4-6-10-27)45(72)58-23-28(60)17-34(58)43(70)51-20-37(63)53-26(3)41(68)57-30(11-7-8-14-48)42(69)50-21-38(64)54-31(47(74)75)12-13-40(66)67/h4-6,9-10,25-26,28-35,60-61H,7-8,11-24,48-49H2,1-3H3,(H,50,69)(H,51,70)(H,52,71)(H,53,63)(H,54,64)(H,55,62)(H,56,65)(H,57,68)(H,66,67)(H,74,75)/t26-,28+,29+,30-,31-,32-,33-,34-,35-/m0/s1. The maximum absolute atomic E-state index is 14.0. The van der Waals surface area contributed by atoms with Crippen molar-refractivity contribution in [1.29, 1.82) is 0 Å². The average Bonchev–Trinajstić information content (AvgIpc) is 3.96. The van der Waals surface area contributed by atoms with E-state index in [1.54, 1.807) is 44.2 Å². The van der Waals surface area contributed by atoms with Gasteiger partial charge in [0.05, 0.1) is 38.4 Å². The van der Waals surface area contributed by atoms with Crippen LogP contribution in [0.5, 0.6) is 0 Å². The summed E-state index contributed by atoms with van der Waals surface area (Å²) in [5.74, 6) is -10.9. The number of aliphatic carboxylic acids is 2. The fourth-order valence-corrected chi connectivity index (χ4v) is 8.30. The lowest BCUT2D eigenvalue weighted by molar-refractivity contribution is -0.143. The molecule has 10 amide bonds. The quantitative estimate of drug-likeness (QED) is 0.0319. The molecule has 2 heterocycles. The van der Waals surface area contributed by atoms with Crippen LogP contribution in [0.15, 0.2) is 30.3 Å². The second-order valence-electron chi connectivity index (χ2n) is 18.7. The number of hydrogen-bond acceptors (Lipinski definition) is 16. The maximum Gasteiger partial charge on any atom is 0.326 e. The first-order valence-electron chi connectivity index (χ1n) is 24.6. The highest BCUT2D eigenvalue weighted by molar-refractivity contribution is 5.98. The molecule has 16 N–H and O–H groups in total. The molecule has 75 heavy (non-hydrogen) atoms. The van der Waals surface area contributed by atoms with Crippen molar-refractivity contribution >= 4 is 71.0 Å². The van der Waals surface area contributed by atoms with Gasteiger partial charge in [-0.2, -0.15) is 0 Å². The van der Waals surface area contributed by atoms with Crippen LogP contribution in [-0.2, 0) is 64.0 Å². The topological polar surface area (TPSA) is 441 Å². The minimum absolute atomic E-state index is 0.0509. The lowest BCUT2D eigenvalue weighted by atomic mass is 10.0. The molecular weight excluding hydrogens is 989 g/mol. The van der Waals surface area contributed by atoms with E-state index in [2.05, 4.69) is 42.5 Å². The van der Waals surface area contributed by atoms with Gasteiger partial charge in [-0.3, -0.25) is 52.7 Å². The van der Waals surface area contributed by atoms with Gasteiger partial charge in [-0.25, -0.2) is 4.79 Å². The summed E-state index contributed by atoms with van der Waals surface area (Å²) in [4.78, 5) is 156. The van der Waals surface area contributed by atoms with Gasteiger partial charge in [0, 0.05) is 38.8 Å². The van der Waals surface area contributed by atoms with E-state index in [1.165, 1.54) is 6.92 Å². The van der Waals surface area contributed by atoms with Crippen LogP contribution in [0.2, 0.25) is 0 Å². The molecule has 28 heteroatoms. The Hall–Kier alpha value is -7.30. The molecule has 9 atom stereocenters. The zero-order chi connectivity index (χ0) is 55.9. The SMILES string of the molecule is CC(C)C[C@H](NC(=O)CNC(=O)[C@@H]1C[C@@H](O)CN1C(=O)[C@H](Cc1ccccc1)NC(=O)CN)C(=O)N1C[C@H](O)C[C@H]1C(=O)NCC(=O)N[C@@H](C)C(=O)N[C@@H](CCCCN)C(=O)NCC(=O)N[C@@H](CCC(=O)O)C(=O)O. The molecule has 0 bridgehead atoms. The van der Waals surface area contributed by atoms with E-state index in [0.717, 1.165) is 9.80 Å². The fourth-order valence-electron chi connectivity index (χ4n) is 8.30. The number of rotatable bonds is 30. The van der Waals surface area contributed by atoms with Crippen molar-refractivity contribution in [3.05, 3.63) is 35.9 Å². The van der Waals surface area contributed by atoms with Crippen molar-refractivity contribution in [2.75, 3.05) is 45.8 Å². The Bertz CT molecular complexity index is 2200. The Balaban J connectivity index is 1.58. The third-order valence-corrected chi connectivity index (χ3v) is 12.1. The summed E-state index contributed by atoms with van der Waals surface area (Å²) in [5.41, 5.74) is 11.8. The molecule has 2 saturated heterocycles. The van der Waals surface area contributed by atoms with Crippen LogP contribution in [0.25, 0.3) is 0 Å². The second kappa shape index (κ2) is 30.8. The fraction of sp³-hybridized carbons (Fsp3) is 0.617. The molecule has 0 saturated carbocycles. The van der Waals surface area contributed by atoms with Crippen molar-refractivity contribution < 1.29 is 78.0 Å². The van der Waals surface area contributed by atoms with Crippen LogP contribution in [0.1, 0.15) is 77.7 Å². The molecule has 0 radical (unpaired) electrons. The number of aliphatic hydroxyl groups excluding tert-OH is 2. The first-order chi connectivity index (χ1) is 35.4. The molecule has 0 aromatic heterocycles. The van der Waals surface area contributed by atoms with E-state index < -0.39 is 165 Å². The number of aliphatic hydroxyl groups is 2. The van der Waals surface area contributed by atoms with E-state index in [4.69, 9.17) is 16.6 Å². The van der Waals surface area contributed by atoms with Gasteiger partial charge >= 0.3 is 11.9 Å². The zero-order valence-corrected chi connectivity index (χ0v) is 42.2. The minimum Gasteiger partial charge on any atom is -0.481 e. The van der Waals surface area contributed by atoms with Gasteiger partial charge in [0.2, 0.25) is 59.1 Å². The number of β-amino-alcohol motifs (C(OH)–C–C–N with tert-alkyl or cyclic N) is 2. The number of amides is 10. The number of unbranched alkanes of at least 4 members (excludes halogenated alkanes) is 1. The summed E-state index contributed by atoms with van der Waals surface area (Å²) in [5, 5.41) is 58.5. The van der Waals surface area contributed by atoms with Gasteiger partial charge in [0.15, 0.2) is 0 Å². The molecule has 2 aliphatic rings. The molecule has 0 aliphatic carbocycles. The number of benzene rings is 1. The second-order valence-corrected chi connectivity index (χ2v) is 18.7. The first kappa shape index (κ1) is 62.0. The van der Waals surface area contributed by atoms with Crippen LogP contribution in [0.4, 0.5) is 0 Å². The first-order valence-corrected chi connectivity index (χ1v) is 24.6. The molecule has 2 aliphatic heterocycles. The monoisotopic (exact) mass is 1060 g/mol. The van der Waals surface area contributed by atoms with Crippen LogP contribution >= 0.6 is 0 Å². The lowest BCUT2D eigenvalue weighted by Crippen LogP contribution is -2.57. The van der Waals surface area contributed by atoms with Crippen LogP contribution < -0.4 is 54.0 Å². The van der Waals surface area contributed by atoms with Crippen LogP contribution in [0.3, 0.4) is 0 Å². The molecule has 2 fully saturated rings. The van der Waals surface area contributed by atoms with E-state index in [1.807, 2.05) is 0 Å². The van der Waals surface area contributed by atoms with Gasteiger partial charge in [-0.15, -0.1) is 0 Å². The van der Waals surface area contributed by atoms with Crippen molar-refractivity contribution in [1.82, 2.24) is 52.3 Å².